The van der Waals surface area contributed by atoms with Crippen LogP contribution in [0.15, 0.2) is 18.2 Å². The molecule has 11 heavy (non-hydrogen) atoms. The lowest BCUT2D eigenvalue weighted by atomic mass is 9.96. The Hall–Kier alpha value is -1.12. The van der Waals surface area contributed by atoms with E-state index in [1.54, 1.807) is 0 Å². The largest absolute Gasteiger partial charge is 0.486 e. The van der Waals surface area contributed by atoms with Crippen molar-refractivity contribution in [1.82, 2.24) is 0 Å². The smallest absolute Gasteiger partial charge is 0.161 e. The summed E-state index contributed by atoms with van der Waals surface area (Å²) in [4.78, 5) is 0. The standard InChI is InChI=1S/C8H9BO2/c9-6-1-2-7-8(5-6)11-4-3-10-7/h1-2,5H,3-4,9H2. The molecule has 0 saturated carbocycles. The zero-order valence-electron chi connectivity index (χ0n) is 6.46. The molecule has 0 aromatic heterocycles. The third-order valence-corrected chi connectivity index (χ3v) is 1.70. The van der Waals surface area contributed by atoms with Crippen molar-refractivity contribution >= 4 is 13.3 Å². The molecular weight excluding hydrogens is 139 g/mol. The van der Waals surface area contributed by atoms with Gasteiger partial charge in [0.1, 0.15) is 21.1 Å². The van der Waals surface area contributed by atoms with E-state index in [2.05, 4.69) is 0 Å². The monoisotopic (exact) mass is 148 g/mol. The summed E-state index contributed by atoms with van der Waals surface area (Å²) in [6.07, 6.45) is 0. The van der Waals surface area contributed by atoms with Gasteiger partial charge in [-0.05, 0) is 12.1 Å². The highest BCUT2D eigenvalue weighted by Gasteiger charge is 2.09. The van der Waals surface area contributed by atoms with Crippen molar-refractivity contribution in [2.75, 3.05) is 13.2 Å². The lowest BCUT2D eigenvalue weighted by molar-refractivity contribution is 0.172. The normalized spacial score (nSPS) is 14.5. The van der Waals surface area contributed by atoms with Gasteiger partial charge in [0, 0.05) is 0 Å². The Morgan fingerprint density at radius 3 is 2.64 bits per heavy atom. The fourth-order valence-corrected chi connectivity index (χ4v) is 1.15. The highest BCUT2D eigenvalue weighted by molar-refractivity contribution is 6.32. The van der Waals surface area contributed by atoms with Crippen molar-refractivity contribution in [2.45, 2.75) is 0 Å². The predicted octanol–water partition coefficient (Wildman–Crippen LogP) is -0.284. The molecule has 1 aromatic carbocycles. The first-order valence-electron chi connectivity index (χ1n) is 3.72. The van der Waals surface area contributed by atoms with Crippen molar-refractivity contribution in [2.24, 2.45) is 0 Å². The molecular formula is C8H9BO2. The van der Waals surface area contributed by atoms with Crippen LogP contribution in [0, 0.1) is 0 Å². The Morgan fingerprint density at radius 2 is 1.82 bits per heavy atom. The van der Waals surface area contributed by atoms with Gasteiger partial charge >= 0.3 is 0 Å². The summed E-state index contributed by atoms with van der Waals surface area (Å²) in [5.41, 5.74) is 1.20. The van der Waals surface area contributed by atoms with Crippen LogP contribution in [0.3, 0.4) is 0 Å². The molecule has 1 heterocycles. The summed E-state index contributed by atoms with van der Waals surface area (Å²) in [6, 6.07) is 5.96. The fourth-order valence-electron chi connectivity index (χ4n) is 1.15. The second kappa shape index (κ2) is 2.49. The van der Waals surface area contributed by atoms with E-state index in [1.165, 1.54) is 5.46 Å². The van der Waals surface area contributed by atoms with Crippen LogP contribution in [0.5, 0.6) is 11.5 Å². The summed E-state index contributed by atoms with van der Waals surface area (Å²) in [6.45, 7) is 1.33. The topological polar surface area (TPSA) is 18.5 Å². The molecule has 0 amide bonds. The lowest BCUT2D eigenvalue weighted by Gasteiger charge is -2.18. The molecule has 0 unspecified atom stereocenters. The maximum Gasteiger partial charge on any atom is 0.161 e. The quantitative estimate of drug-likeness (QED) is 0.471. The zero-order valence-corrected chi connectivity index (χ0v) is 6.46. The van der Waals surface area contributed by atoms with Crippen LogP contribution in [-0.4, -0.2) is 21.1 Å². The van der Waals surface area contributed by atoms with E-state index in [0.717, 1.165) is 11.5 Å². The Bertz CT molecular complexity index is 273. The van der Waals surface area contributed by atoms with E-state index in [1.807, 2.05) is 26.0 Å². The third-order valence-electron chi connectivity index (χ3n) is 1.70. The zero-order chi connectivity index (χ0) is 7.68. The van der Waals surface area contributed by atoms with Crippen LogP contribution in [0.1, 0.15) is 0 Å². The molecule has 0 fully saturated rings. The van der Waals surface area contributed by atoms with Gasteiger partial charge in [-0.3, -0.25) is 0 Å². The van der Waals surface area contributed by atoms with Crippen molar-refractivity contribution in [3.63, 3.8) is 0 Å². The fraction of sp³-hybridized carbons (Fsp3) is 0.250. The van der Waals surface area contributed by atoms with Crippen molar-refractivity contribution in [3.05, 3.63) is 18.2 Å². The minimum atomic E-state index is 0.663. The molecule has 0 atom stereocenters. The van der Waals surface area contributed by atoms with E-state index in [4.69, 9.17) is 9.47 Å². The van der Waals surface area contributed by atoms with E-state index in [0.29, 0.717) is 13.2 Å². The summed E-state index contributed by atoms with van der Waals surface area (Å²) in [5, 5.41) is 0. The van der Waals surface area contributed by atoms with Crippen LogP contribution in [0.25, 0.3) is 0 Å². The molecule has 1 aromatic rings. The van der Waals surface area contributed by atoms with Gasteiger partial charge in [0.15, 0.2) is 11.5 Å². The van der Waals surface area contributed by atoms with Gasteiger partial charge in [0.2, 0.25) is 0 Å². The van der Waals surface area contributed by atoms with Crippen LogP contribution in [-0.2, 0) is 0 Å². The SMILES string of the molecule is Bc1ccc2c(c1)OCCO2. The second-order valence-electron chi connectivity index (χ2n) is 2.65. The molecule has 0 radical (unpaired) electrons. The number of fused-ring (bicyclic) bond motifs is 1. The molecule has 0 saturated heterocycles. The molecule has 0 aliphatic carbocycles. The van der Waals surface area contributed by atoms with Crippen LogP contribution in [0.4, 0.5) is 0 Å². The molecule has 3 heteroatoms. The number of hydrogen-bond donors (Lipinski definition) is 0. The van der Waals surface area contributed by atoms with Gasteiger partial charge in [-0.15, -0.1) is 0 Å². The van der Waals surface area contributed by atoms with E-state index in [-0.39, 0.29) is 0 Å². The van der Waals surface area contributed by atoms with Gasteiger partial charge in [-0.2, -0.15) is 0 Å². The highest BCUT2D eigenvalue weighted by Crippen LogP contribution is 2.27. The molecule has 2 nitrogen and oxygen atoms in total. The second-order valence-corrected chi connectivity index (χ2v) is 2.65. The molecule has 2 rings (SSSR count). The van der Waals surface area contributed by atoms with Gasteiger partial charge in [-0.25, -0.2) is 0 Å². The molecule has 56 valence electrons. The number of hydrogen-bond acceptors (Lipinski definition) is 2. The van der Waals surface area contributed by atoms with Gasteiger partial charge in [0.05, 0.1) is 0 Å². The lowest BCUT2D eigenvalue weighted by Crippen LogP contribution is -2.17. The molecule has 1 aliphatic rings. The molecule has 0 bridgehead atoms. The van der Waals surface area contributed by atoms with Gasteiger partial charge < -0.3 is 9.47 Å². The first-order chi connectivity index (χ1) is 5.36. The van der Waals surface area contributed by atoms with Gasteiger partial charge in [-0.1, -0.05) is 11.5 Å². The van der Waals surface area contributed by atoms with Crippen LogP contribution < -0.4 is 14.9 Å². The summed E-state index contributed by atoms with van der Waals surface area (Å²) in [5.74, 6) is 1.73. The van der Waals surface area contributed by atoms with Crippen molar-refractivity contribution < 1.29 is 9.47 Å². The van der Waals surface area contributed by atoms with Crippen molar-refractivity contribution in [3.8, 4) is 11.5 Å². The van der Waals surface area contributed by atoms with Crippen LogP contribution >= 0.6 is 0 Å². The summed E-state index contributed by atoms with van der Waals surface area (Å²) < 4.78 is 10.7. The Labute approximate surface area is 66.5 Å². The Morgan fingerprint density at radius 1 is 1.09 bits per heavy atom. The first kappa shape index (κ1) is 6.59. The summed E-state index contributed by atoms with van der Waals surface area (Å²) in [7, 11) is 2.04. The van der Waals surface area contributed by atoms with E-state index < -0.39 is 0 Å². The Kier molecular flexibility index (Phi) is 1.49. The molecule has 1 aliphatic heterocycles. The average Bonchev–Trinajstić information content (AvgIpc) is 2.04. The minimum absolute atomic E-state index is 0.663. The van der Waals surface area contributed by atoms with E-state index in [9.17, 15) is 0 Å². The maximum atomic E-state index is 5.38. The first-order valence-corrected chi connectivity index (χ1v) is 3.72. The molecule has 0 spiro atoms. The number of rotatable bonds is 0. The Balaban J connectivity index is 2.43. The number of ether oxygens (including phenoxy) is 2. The summed E-state index contributed by atoms with van der Waals surface area (Å²) >= 11 is 0. The maximum absolute atomic E-state index is 5.38. The molecule has 0 N–H and O–H groups in total. The van der Waals surface area contributed by atoms with Gasteiger partial charge in [0.25, 0.3) is 0 Å². The minimum Gasteiger partial charge on any atom is -0.486 e. The number of benzene rings is 1. The van der Waals surface area contributed by atoms with E-state index >= 15 is 0 Å². The van der Waals surface area contributed by atoms with Crippen LogP contribution in [0.2, 0.25) is 0 Å². The highest BCUT2D eigenvalue weighted by atomic mass is 16.6. The average molecular weight is 148 g/mol. The van der Waals surface area contributed by atoms with Crippen molar-refractivity contribution in [1.29, 1.82) is 0 Å². The predicted molar refractivity (Wildman–Crippen MR) is 45.6 cm³/mol. The third kappa shape index (κ3) is 1.18.